The number of rotatable bonds is 1. The van der Waals surface area contributed by atoms with E-state index in [1.807, 2.05) is 0 Å². The molecule has 3 N–H and O–H groups in total. The number of nitrogen functional groups attached to an aromatic ring is 1. The highest BCUT2D eigenvalue weighted by molar-refractivity contribution is 5.88. The van der Waals surface area contributed by atoms with Gasteiger partial charge in [-0.2, -0.15) is 0 Å². The second kappa shape index (κ2) is 3.08. The predicted octanol–water partition coefficient (Wildman–Crippen LogP) is 0.778. The normalized spacial score (nSPS) is 9.42. The molecular weight excluding hydrogens is 158 g/mol. The van der Waals surface area contributed by atoms with Gasteiger partial charge in [0, 0.05) is 13.2 Å². The van der Waals surface area contributed by atoms with E-state index in [0.717, 1.165) is 4.90 Å². The summed E-state index contributed by atoms with van der Waals surface area (Å²) < 4.78 is 0. The third-order valence-corrected chi connectivity index (χ3v) is 1.46. The van der Waals surface area contributed by atoms with E-state index in [1.165, 1.54) is 13.2 Å². The summed E-state index contributed by atoms with van der Waals surface area (Å²) in [6, 6.07) is 3.22. The molecule has 0 aromatic carbocycles. The lowest BCUT2D eigenvalue weighted by atomic mass is 10.3. The van der Waals surface area contributed by atoms with E-state index >= 15 is 0 Å². The fourth-order valence-corrected chi connectivity index (χ4v) is 0.796. The number of pyridine rings is 1. The Bertz CT molecular complexity index is 300. The van der Waals surface area contributed by atoms with Gasteiger partial charge in [-0.3, -0.25) is 4.90 Å². The van der Waals surface area contributed by atoms with E-state index in [0.29, 0.717) is 5.69 Å². The first-order valence-electron chi connectivity index (χ1n) is 3.30. The quantitative estimate of drug-likeness (QED) is 0.647. The van der Waals surface area contributed by atoms with Crippen LogP contribution in [-0.4, -0.2) is 23.2 Å². The number of anilines is 2. The Morgan fingerprint density at radius 3 is 2.92 bits per heavy atom. The van der Waals surface area contributed by atoms with Crippen molar-refractivity contribution in [1.29, 1.82) is 0 Å². The lowest BCUT2D eigenvalue weighted by Gasteiger charge is -2.13. The van der Waals surface area contributed by atoms with Crippen molar-refractivity contribution < 1.29 is 9.90 Å². The van der Waals surface area contributed by atoms with Gasteiger partial charge in [0.05, 0.1) is 5.69 Å². The molecule has 0 aliphatic rings. The molecule has 0 aliphatic heterocycles. The molecule has 0 fully saturated rings. The Morgan fingerprint density at radius 1 is 1.75 bits per heavy atom. The lowest BCUT2D eigenvalue weighted by molar-refractivity contribution is 0.203. The summed E-state index contributed by atoms with van der Waals surface area (Å²) in [6.45, 7) is 0. The average molecular weight is 167 g/mol. The van der Waals surface area contributed by atoms with Crippen molar-refractivity contribution in [2.24, 2.45) is 0 Å². The molecular formula is C7H9N3O2. The molecule has 12 heavy (non-hydrogen) atoms. The van der Waals surface area contributed by atoms with Crippen LogP contribution >= 0.6 is 0 Å². The Morgan fingerprint density at radius 2 is 2.42 bits per heavy atom. The predicted molar refractivity (Wildman–Crippen MR) is 45.1 cm³/mol. The Balaban J connectivity index is 3.02. The van der Waals surface area contributed by atoms with Crippen molar-refractivity contribution >= 4 is 17.6 Å². The van der Waals surface area contributed by atoms with Gasteiger partial charge in [-0.1, -0.05) is 0 Å². The first-order chi connectivity index (χ1) is 5.63. The number of carboxylic acid groups (broad SMARTS) is 1. The molecule has 0 spiro atoms. The maximum Gasteiger partial charge on any atom is 0.411 e. The first kappa shape index (κ1) is 8.32. The van der Waals surface area contributed by atoms with Gasteiger partial charge < -0.3 is 10.8 Å². The Labute approximate surface area is 69.4 Å². The molecule has 64 valence electrons. The molecule has 0 atom stereocenters. The third-order valence-electron chi connectivity index (χ3n) is 1.46. The van der Waals surface area contributed by atoms with E-state index in [1.54, 1.807) is 12.1 Å². The van der Waals surface area contributed by atoms with Crippen LogP contribution in [0.25, 0.3) is 0 Å². The number of aromatic nitrogens is 1. The van der Waals surface area contributed by atoms with Crippen LogP contribution in [0.2, 0.25) is 0 Å². The summed E-state index contributed by atoms with van der Waals surface area (Å²) in [5, 5.41) is 8.60. The standard InChI is InChI=1S/C7H9N3O2/c1-10(7(11)12)5-3-2-4-9-6(5)8/h2-4H,1H3,(H2,8,9)(H,11,12). The molecule has 0 aliphatic carbocycles. The van der Waals surface area contributed by atoms with Gasteiger partial charge in [-0.05, 0) is 12.1 Å². The minimum atomic E-state index is -1.06. The smallest absolute Gasteiger partial charge is 0.411 e. The molecule has 1 heterocycles. The monoisotopic (exact) mass is 167 g/mol. The zero-order chi connectivity index (χ0) is 9.14. The summed E-state index contributed by atoms with van der Waals surface area (Å²) in [4.78, 5) is 15.3. The summed E-state index contributed by atoms with van der Waals surface area (Å²) in [5.41, 5.74) is 5.84. The van der Waals surface area contributed by atoms with E-state index in [4.69, 9.17) is 10.8 Å². The maximum absolute atomic E-state index is 10.5. The van der Waals surface area contributed by atoms with E-state index in [9.17, 15) is 4.79 Å². The number of hydrogen-bond acceptors (Lipinski definition) is 3. The summed E-state index contributed by atoms with van der Waals surface area (Å²) in [5.74, 6) is 0.211. The van der Waals surface area contributed by atoms with E-state index in [2.05, 4.69) is 4.98 Å². The van der Waals surface area contributed by atoms with Gasteiger partial charge in [0.1, 0.15) is 5.82 Å². The van der Waals surface area contributed by atoms with Crippen LogP contribution in [-0.2, 0) is 0 Å². The Kier molecular flexibility index (Phi) is 2.14. The zero-order valence-electron chi connectivity index (χ0n) is 6.56. The van der Waals surface area contributed by atoms with Crippen molar-refractivity contribution in [3.63, 3.8) is 0 Å². The fourth-order valence-electron chi connectivity index (χ4n) is 0.796. The SMILES string of the molecule is CN(C(=O)O)c1cccnc1N. The van der Waals surface area contributed by atoms with Crippen LogP contribution in [0.4, 0.5) is 16.3 Å². The van der Waals surface area contributed by atoms with Crippen LogP contribution in [0.15, 0.2) is 18.3 Å². The van der Waals surface area contributed by atoms with Gasteiger partial charge >= 0.3 is 6.09 Å². The second-order valence-corrected chi connectivity index (χ2v) is 2.25. The average Bonchev–Trinajstić information content (AvgIpc) is 2.04. The topological polar surface area (TPSA) is 79.5 Å². The van der Waals surface area contributed by atoms with Crippen LogP contribution in [0.5, 0.6) is 0 Å². The molecule has 5 heteroatoms. The molecule has 0 unspecified atom stereocenters. The van der Waals surface area contributed by atoms with Crippen molar-refractivity contribution in [1.82, 2.24) is 4.98 Å². The third kappa shape index (κ3) is 1.45. The van der Waals surface area contributed by atoms with Crippen molar-refractivity contribution in [3.05, 3.63) is 18.3 Å². The maximum atomic E-state index is 10.5. The van der Waals surface area contributed by atoms with Gasteiger partial charge in [0.2, 0.25) is 0 Å². The highest BCUT2D eigenvalue weighted by Crippen LogP contribution is 2.17. The molecule has 1 rings (SSSR count). The zero-order valence-corrected chi connectivity index (χ0v) is 6.56. The van der Waals surface area contributed by atoms with Gasteiger partial charge in [-0.25, -0.2) is 9.78 Å². The van der Waals surface area contributed by atoms with E-state index < -0.39 is 6.09 Å². The highest BCUT2D eigenvalue weighted by atomic mass is 16.4. The summed E-state index contributed by atoms with van der Waals surface area (Å²) in [6.07, 6.45) is 0.448. The number of amides is 1. The van der Waals surface area contributed by atoms with Crippen LogP contribution in [0.3, 0.4) is 0 Å². The number of nitrogens with two attached hydrogens (primary N) is 1. The molecule has 0 saturated carbocycles. The molecule has 5 nitrogen and oxygen atoms in total. The number of hydrogen-bond donors (Lipinski definition) is 2. The molecule has 0 radical (unpaired) electrons. The fraction of sp³-hybridized carbons (Fsp3) is 0.143. The Hall–Kier alpha value is -1.78. The number of carbonyl (C=O) groups is 1. The van der Waals surface area contributed by atoms with Crippen molar-refractivity contribution in [3.8, 4) is 0 Å². The van der Waals surface area contributed by atoms with Crippen LogP contribution < -0.4 is 10.6 Å². The van der Waals surface area contributed by atoms with Gasteiger partial charge in [0.15, 0.2) is 0 Å². The van der Waals surface area contributed by atoms with Gasteiger partial charge in [0.25, 0.3) is 0 Å². The molecule has 1 amide bonds. The largest absolute Gasteiger partial charge is 0.465 e. The van der Waals surface area contributed by atoms with E-state index in [-0.39, 0.29) is 5.82 Å². The first-order valence-corrected chi connectivity index (χ1v) is 3.30. The minimum Gasteiger partial charge on any atom is -0.465 e. The number of nitrogens with zero attached hydrogens (tertiary/aromatic N) is 2. The van der Waals surface area contributed by atoms with Crippen molar-refractivity contribution in [2.45, 2.75) is 0 Å². The highest BCUT2D eigenvalue weighted by Gasteiger charge is 2.10. The molecule has 1 aromatic rings. The summed E-state index contributed by atoms with van der Waals surface area (Å²) >= 11 is 0. The molecule has 0 bridgehead atoms. The lowest BCUT2D eigenvalue weighted by Crippen LogP contribution is -2.24. The van der Waals surface area contributed by atoms with Crippen LogP contribution in [0, 0.1) is 0 Å². The van der Waals surface area contributed by atoms with Crippen LogP contribution in [0.1, 0.15) is 0 Å². The summed E-state index contributed by atoms with van der Waals surface area (Å²) in [7, 11) is 1.41. The molecule has 0 saturated heterocycles. The minimum absolute atomic E-state index is 0.211. The van der Waals surface area contributed by atoms with Crippen molar-refractivity contribution in [2.75, 3.05) is 17.7 Å². The van der Waals surface area contributed by atoms with Gasteiger partial charge in [-0.15, -0.1) is 0 Å². The molecule has 1 aromatic heterocycles. The second-order valence-electron chi connectivity index (χ2n) is 2.25.